The molecule has 1 aromatic rings. The van der Waals surface area contributed by atoms with E-state index in [1.165, 1.54) is 17.5 Å². The zero-order valence-electron chi connectivity index (χ0n) is 11.8. The Balaban J connectivity index is 1.86. The first-order chi connectivity index (χ1) is 9.20. The molecular formula is C16H24N2O. The molecule has 19 heavy (non-hydrogen) atoms. The van der Waals surface area contributed by atoms with Gasteiger partial charge in [-0.15, -0.1) is 0 Å². The molecular weight excluding hydrogens is 236 g/mol. The molecule has 0 aliphatic heterocycles. The molecule has 0 radical (unpaired) electrons. The normalized spacial score (nSPS) is 15.1. The number of hydrogen-bond acceptors (Lipinski definition) is 2. The van der Waals surface area contributed by atoms with Crippen LogP contribution < -0.4 is 5.73 Å². The summed E-state index contributed by atoms with van der Waals surface area (Å²) in [5, 5.41) is 0. The summed E-state index contributed by atoms with van der Waals surface area (Å²) in [6.45, 7) is 3.35. The van der Waals surface area contributed by atoms with Crippen LogP contribution in [0.3, 0.4) is 0 Å². The van der Waals surface area contributed by atoms with E-state index in [1.807, 2.05) is 4.90 Å². The van der Waals surface area contributed by atoms with Gasteiger partial charge in [0.2, 0.25) is 5.91 Å². The molecule has 0 bridgehead atoms. The van der Waals surface area contributed by atoms with Crippen molar-refractivity contribution >= 4 is 5.91 Å². The van der Waals surface area contributed by atoms with Crippen molar-refractivity contribution in [3.05, 3.63) is 35.4 Å². The Bertz CT molecular complexity index is 409. The minimum absolute atomic E-state index is 0.260. The van der Waals surface area contributed by atoms with Gasteiger partial charge in [0.25, 0.3) is 0 Å². The first-order valence-corrected chi connectivity index (χ1v) is 7.26. The van der Waals surface area contributed by atoms with E-state index in [1.54, 1.807) is 0 Å². The summed E-state index contributed by atoms with van der Waals surface area (Å²) in [6.07, 6.45) is 4.97. The molecule has 0 unspecified atom stereocenters. The molecule has 3 heteroatoms. The number of carbonyl (C=O) groups excluding carboxylic acids is 1. The highest BCUT2D eigenvalue weighted by Gasteiger charge is 2.27. The fourth-order valence-corrected chi connectivity index (χ4v) is 2.50. The van der Waals surface area contributed by atoms with Crippen LogP contribution in [0.2, 0.25) is 0 Å². The molecule has 2 rings (SSSR count). The zero-order chi connectivity index (χ0) is 13.7. The lowest BCUT2D eigenvalue weighted by Crippen LogP contribution is -2.46. The second kappa shape index (κ2) is 6.71. The Morgan fingerprint density at radius 3 is 2.53 bits per heavy atom. The molecule has 0 heterocycles. The van der Waals surface area contributed by atoms with Gasteiger partial charge in [-0.25, -0.2) is 0 Å². The van der Waals surface area contributed by atoms with E-state index in [0.717, 1.165) is 19.3 Å². The van der Waals surface area contributed by atoms with Gasteiger partial charge in [0.05, 0.1) is 0 Å². The van der Waals surface area contributed by atoms with Crippen molar-refractivity contribution in [2.75, 3.05) is 13.1 Å². The van der Waals surface area contributed by atoms with Gasteiger partial charge in [0.1, 0.15) is 0 Å². The van der Waals surface area contributed by atoms with Crippen LogP contribution in [0.4, 0.5) is 0 Å². The number of nitrogens with two attached hydrogens (primary N) is 1. The number of amides is 1. The monoisotopic (exact) mass is 260 g/mol. The minimum atomic E-state index is 0.260. The van der Waals surface area contributed by atoms with E-state index in [9.17, 15) is 4.79 Å². The van der Waals surface area contributed by atoms with Crippen molar-refractivity contribution in [2.45, 2.75) is 45.1 Å². The molecule has 1 amide bonds. The quantitative estimate of drug-likeness (QED) is 0.853. The second-order valence-electron chi connectivity index (χ2n) is 5.45. The predicted molar refractivity (Wildman–Crippen MR) is 77.9 cm³/mol. The summed E-state index contributed by atoms with van der Waals surface area (Å²) < 4.78 is 0. The third kappa shape index (κ3) is 3.80. The first-order valence-electron chi connectivity index (χ1n) is 7.26. The molecule has 3 nitrogen and oxygen atoms in total. The Morgan fingerprint density at radius 2 is 2.00 bits per heavy atom. The van der Waals surface area contributed by atoms with Gasteiger partial charge in [-0.3, -0.25) is 4.79 Å². The highest BCUT2D eigenvalue weighted by molar-refractivity contribution is 5.77. The Kier molecular flexibility index (Phi) is 4.97. The van der Waals surface area contributed by atoms with Crippen LogP contribution in [0.25, 0.3) is 0 Å². The van der Waals surface area contributed by atoms with Gasteiger partial charge in [-0.2, -0.15) is 0 Å². The number of hydrogen-bond donors (Lipinski definition) is 1. The maximum atomic E-state index is 12.3. The highest BCUT2D eigenvalue weighted by Crippen LogP contribution is 2.25. The third-order valence-corrected chi connectivity index (χ3v) is 3.95. The van der Waals surface area contributed by atoms with Crippen LogP contribution in [0, 0.1) is 6.92 Å². The van der Waals surface area contributed by atoms with Crippen LogP contribution in [0.5, 0.6) is 0 Å². The van der Waals surface area contributed by atoms with Gasteiger partial charge in [0, 0.05) is 25.6 Å². The highest BCUT2D eigenvalue weighted by atomic mass is 16.2. The van der Waals surface area contributed by atoms with Gasteiger partial charge >= 0.3 is 0 Å². The molecule has 0 spiro atoms. The Hall–Kier alpha value is -1.35. The van der Waals surface area contributed by atoms with Crippen LogP contribution in [0.15, 0.2) is 24.3 Å². The van der Waals surface area contributed by atoms with E-state index >= 15 is 0 Å². The maximum Gasteiger partial charge on any atom is 0.223 e. The number of nitrogens with zero attached hydrogens (tertiary/aromatic N) is 1. The van der Waals surface area contributed by atoms with Gasteiger partial charge in [-0.1, -0.05) is 29.8 Å². The molecule has 1 aliphatic carbocycles. The Morgan fingerprint density at radius 1 is 1.32 bits per heavy atom. The summed E-state index contributed by atoms with van der Waals surface area (Å²) in [6, 6.07) is 8.87. The molecule has 0 atom stereocenters. The summed E-state index contributed by atoms with van der Waals surface area (Å²) in [7, 11) is 0. The lowest BCUT2D eigenvalue weighted by atomic mass is 9.91. The van der Waals surface area contributed by atoms with Crippen molar-refractivity contribution in [2.24, 2.45) is 5.73 Å². The lowest BCUT2D eigenvalue weighted by molar-refractivity contribution is -0.135. The van der Waals surface area contributed by atoms with E-state index in [4.69, 9.17) is 5.73 Å². The Labute approximate surface area is 115 Å². The largest absolute Gasteiger partial charge is 0.338 e. The van der Waals surface area contributed by atoms with E-state index in [0.29, 0.717) is 25.6 Å². The molecule has 1 aliphatic rings. The van der Waals surface area contributed by atoms with Crippen LogP contribution in [-0.2, 0) is 11.2 Å². The number of carbonyl (C=O) groups is 1. The van der Waals surface area contributed by atoms with E-state index in [-0.39, 0.29) is 5.91 Å². The number of aryl methyl sites for hydroxylation is 2. The summed E-state index contributed by atoms with van der Waals surface area (Å²) >= 11 is 0. The van der Waals surface area contributed by atoms with Gasteiger partial charge in [-0.05, 0) is 38.2 Å². The van der Waals surface area contributed by atoms with Crippen molar-refractivity contribution < 1.29 is 4.79 Å². The first kappa shape index (κ1) is 14.1. The summed E-state index contributed by atoms with van der Waals surface area (Å²) in [4.78, 5) is 14.3. The lowest BCUT2D eigenvalue weighted by Gasteiger charge is -2.37. The fourth-order valence-electron chi connectivity index (χ4n) is 2.50. The van der Waals surface area contributed by atoms with Gasteiger partial charge in [0.15, 0.2) is 0 Å². The fraction of sp³-hybridized carbons (Fsp3) is 0.562. The van der Waals surface area contributed by atoms with E-state index < -0.39 is 0 Å². The maximum absolute atomic E-state index is 12.3. The van der Waals surface area contributed by atoms with Crippen LogP contribution in [0.1, 0.15) is 36.8 Å². The smallest absolute Gasteiger partial charge is 0.223 e. The summed E-state index contributed by atoms with van der Waals surface area (Å²) in [5.41, 5.74) is 8.11. The predicted octanol–water partition coefficient (Wildman–Crippen LogP) is 2.27. The number of benzene rings is 1. The standard InChI is InChI=1S/C16H24N2O/c1-13-5-7-14(8-6-13)9-10-16(19)18(12-11-17)15-3-2-4-15/h5-8,15H,2-4,9-12,17H2,1H3. The van der Waals surface area contributed by atoms with Gasteiger partial charge < -0.3 is 10.6 Å². The van der Waals surface area contributed by atoms with Crippen molar-refractivity contribution in [1.29, 1.82) is 0 Å². The minimum Gasteiger partial charge on any atom is -0.338 e. The van der Waals surface area contributed by atoms with Crippen molar-refractivity contribution in [3.8, 4) is 0 Å². The van der Waals surface area contributed by atoms with E-state index in [2.05, 4.69) is 31.2 Å². The molecule has 1 saturated carbocycles. The van der Waals surface area contributed by atoms with Crippen molar-refractivity contribution in [1.82, 2.24) is 4.90 Å². The molecule has 104 valence electrons. The topological polar surface area (TPSA) is 46.3 Å². The molecule has 2 N–H and O–H groups in total. The average Bonchev–Trinajstić information content (AvgIpc) is 2.35. The van der Waals surface area contributed by atoms with Crippen LogP contribution >= 0.6 is 0 Å². The third-order valence-electron chi connectivity index (χ3n) is 3.95. The number of rotatable bonds is 6. The SMILES string of the molecule is Cc1ccc(CCC(=O)N(CCN)C2CCC2)cc1. The molecule has 1 fully saturated rings. The average molecular weight is 260 g/mol. The van der Waals surface area contributed by atoms with Crippen molar-refractivity contribution in [3.63, 3.8) is 0 Å². The zero-order valence-corrected chi connectivity index (χ0v) is 11.8. The molecule has 1 aromatic carbocycles. The van der Waals surface area contributed by atoms with Crippen LogP contribution in [-0.4, -0.2) is 29.9 Å². The summed E-state index contributed by atoms with van der Waals surface area (Å²) in [5.74, 6) is 0.260. The second-order valence-corrected chi connectivity index (χ2v) is 5.45. The molecule has 0 saturated heterocycles. The molecule has 0 aromatic heterocycles.